The van der Waals surface area contributed by atoms with Crippen LogP contribution in [0.1, 0.15) is 27.0 Å². The average molecular weight is 568 g/mol. The molecule has 3 aromatic rings. The van der Waals surface area contributed by atoms with Gasteiger partial charge in [-0.1, -0.05) is 18.2 Å². The number of carbonyl (C=O) groups is 1. The number of carbonyl (C=O) groups excluding carboxylic acids is 1. The van der Waals surface area contributed by atoms with Crippen molar-refractivity contribution in [1.82, 2.24) is 24.6 Å². The van der Waals surface area contributed by atoms with Gasteiger partial charge < -0.3 is 30.2 Å². The van der Waals surface area contributed by atoms with Gasteiger partial charge in [-0.25, -0.2) is 13.9 Å². The molecule has 0 spiro atoms. The van der Waals surface area contributed by atoms with Crippen molar-refractivity contribution in [2.24, 2.45) is 0 Å². The number of aromatic nitrogens is 4. The van der Waals surface area contributed by atoms with E-state index in [1.807, 2.05) is 0 Å². The lowest BCUT2D eigenvalue weighted by Gasteiger charge is -2.25. The molecule has 0 bridgehead atoms. The lowest BCUT2D eigenvalue weighted by atomic mass is 10.1. The van der Waals surface area contributed by atoms with Gasteiger partial charge in [0.25, 0.3) is 0 Å². The van der Waals surface area contributed by atoms with Gasteiger partial charge in [0.1, 0.15) is 24.0 Å². The number of nitrogens with zero attached hydrogens (tertiary/aromatic N) is 4. The number of fused-ring (bicyclic) bond motifs is 1. The molecule has 14 nitrogen and oxygen atoms in total. The van der Waals surface area contributed by atoms with E-state index >= 15 is 4.39 Å². The number of nitrogen functional groups attached to an aromatic ring is 1. The summed E-state index contributed by atoms with van der Waals surface area (Å²) in [5, 5.41) is 16.0. The molecular formula is C23H31FN7O7P. The van der Waals surface area contributed by atoms with Crippen LogP contribution < -0.4 is 20.7 Å². The fourth-order valence-corrected chi connectivity index (χ4v) is 5.37. The van der Waals surface area contributed by atoms with Gasteiger partial charge >= 0.3 is 13.7 Å². The standard InChI is InChI=1S/C23H31FN7O7P/c1-12(2)36-22(33)13(3)30-39(34,38-14-8-6-5-7-9-14)35-10-15-18(32)16(24)21(37-15)31-11-27-17-19(26-4)28-23(25)29-20(17)31/h5-9,11-13,15-16,18,21,32H,10H2,1-4H3,(H,30,34)(H3,25,26,28,29)/t13-,15+,16-,18+,21+,39+/m0/s1. The molecule has 1 aliphatic rings. The molecule has 4 rings (SSSR count). The molecule has 0 amide bonds. The predicted molar refractivity (Wildman–Crippen MR) is 139 cm³/mol. The Kier molecular flexibility index (Phi) is 8.67. The van der Waals surface area contributed by atoms with Crippen LogP contribution in [0, 0.1) is 0 Å². The Morgan fingerprint density at radius 2 is 2.00 bits per heavy atom. The normalized spacial score (nSPS) is 23.5. The second kappa shape index (κ2) is 11.8. The molecule has 0 saturated carbocycles. The zero-order valence-electron chi connectivity index (χ0n) is 21.7. The molecule has 6 atom stereocenters. The van der Waals surface area contributed by atoms with Gasteiger partial charge in [0.05, 0.1) is 19.0 Å². The number of benzene rings is 1. The number of esters is 1. The van der Waals surface area contributed by atoms with Crippen molar-refractivity contribution in [2.75, 3.05) is 24.7 Å². The lowest BCUT2D eigenvalue weighted by molar-refractivity contribution is -0.149. The number of hydrogen-bond donors (Lipinski definition) is 4. The lowest BCUT2D eigenvalue weighted by Crippen LogP contribution is -2.37. The van der Waals surface area contributed by atoms with Crippen molar-refractivity contribution in [2.45, 2.75) is 57.5 Å². The minimum atomic E-state index is -4.26. The molecule has 0 radical (unpaired) electrons. The second-order valence-electron chi connectivity index (χ2n) is 9.04. The molecule has 1 saturated heterocycles. The number of halogens is 1. The van der Waals surface area contributed by atoms with E-state index in [0.717, 1.165) is 0 Å². The fraction of sp³-hybridized carbons (Fsp3) is 0.478. The topological polar surface area (TPSA) is 185 Å². The first-order valence-electron chi connectivity index (χ1n) is 12.1. The number of anilines is 2. The highest BCUT2D eigenvalue weighted by Crippen LogP contribution is 2.46. The van der Waals surface area contributed by atoms with E-state index in [1.54, 1.807) is 51.2 Å². The summed E-state index contributed by atoms with van der Waals surface area (Å²) in [5.74, 6) is -0.229. The van der Waals surface area contributed by atoms with E-state index in [0.29, 0.717) is 11.3 Å². The minimum Gasteiger partial charge on any atom is -0.462 e. The SMILES string of the molecule is CNc1nc(N)nc2c1ncn2[C@@H]1O[C@H](CO[P@](=O)(N[C@@H](C)C(=O)OC(C)C)Oc2ccccc2)[C@@H](O)[C@@H]1F. The van der Waals surface area contributed by atoms with Gasteiger partial charge in [-0.3, -0.25) is 13.9 Å². The number of para-hydroxylation sites is 1. The highest BCUT2D eigenvalue weighted by atomic mass is 31.2. The van der Waals surface area contributed by atoms with Gasteiger partial charge in [0, 0.05) is 7.05 Å². The summed E-state index contributed by atoms with van der Waals surface area (Å²) < 4.78 is 52.3. The van der Waals surface area contributed by atoms with Crippen molar-refractivity contribution in [3.63, 3.8) is 0 Å². The zero-order valence-corrected chi connectivity index (χ0v) is 22.6. The first-order valence-corrected chi connectivity index (χ1v) is 13.7. The average Bonchev–Trinajstić information content (AvgIpc) is 3.42. The number of hydrogen-bond acceptors (Lipinski definition) is 12. The summed E-state index contributed by atoms with van der Waals surface area (Å²) >= 11 is 0. The third kappa shape index (κ3) is 6.45. The van der Waals surface area contributed by atoms with Crippen LogP contribution in [-0.2, 0) is 23.4 Å². The van der Waals surface area contributed by atoms with Crippen LogP contribution in [0.25, 0.3) is 11.2 Å². The molecule has 1 aliphatic heterocycles. The van der Waals surface area contributed by atoms with E-state index in [-0.39, 0.29) is 17.3 Å². The number of alkyl halides is 1. The molecule has 5 N–H and O–H groups in total. The number of aliphatic hydroxyl groups excluding tert-OH is 1. The minimum absolute atomic E-state index is 0.0716. The summed E-state index contributed by atoms with van der Waals surface area (Å²) in [6.45, 7) is 4.23. The zero-order chi connectivity index (χ0) is 28.3. The predicted octanol–water partition coefficient (Wildman–Crippen LogP) is 2.18. The maximum Gasteiger partial charge on any atom is 0.459 e. The summed E-state index contributed by atoms with van der Waals surface area (Å²) in [6.07, 6.45) is -5.31. The van der Waals surface area contributed by atoms with Gasteiger partial charge in [-0.2, -0.15) is 15.1 Å². The molecule has 1 aromatic carbocycles. The molecular weight excluding hydrogens is 536 g/mol. The molecule has 16 heteroatoms. The van der Waals surface area contributed by atoms with Crippen LogP contribution in [0.4, 0.5) is 16.2 Å². The Morgan fingerprint density at radius 1 is 1.28 bits per heavy atom. The van der Waals surface area contributed by atoms with Crippen molar-refractivity contribution < 1.29 is 37.4 Å². The van der Waals surface area contributed by atoms with E-state index in [1.165, 1.54) is 17.8 Å². The monoisotopic (exact) mass is 567 g/mol. The number of nitrogens with one attached hydrogen (secondary N) is 2. The van der Waals surface area contributed by atoms with Crippen LogP contribution in [0.15, 0.2) is 36.7 Å². The number of ether oxygens (including phenoxy) is 2. The van der Waals surface area contributed by atoms with E-state index in [9.17, 15) is 14.5 Å². The number of aliphatic hydroxyl groups is 1. The third-order valence-electron chi connectivity index (χ3n) is 5.68. The number of nitrogens with two attached hydrogens (primary N) is 1. The van der Waals surface area contributed by atoms with E-state index in [4.69, 9.17) is 24.3 Å². The van der Waals surface area contributed by atoms with Crippen molar-refractivity contribution in [3.8, 4) is 5.75 Å². The molecule has 0 unspecified atom stereocenters. The Labute approximate surface area is 223 Å². The van der Waals surface area contributed by atoms with Crippen molar-refractivity contribution >= 4 is 36.6 Å². The first kappa shape index (κ1) is 28.6. The Hall–Kier alpha value is -3.36. The van der Waals surface area contributed by atoms with Crippen molar-refractivity contribution in [1.29, 1.82) is 0 Å². The summed E-state index contributed by atoms with van der Waals surface area (Å²) in [5.41, 5.74) is 6.28. The molecule has 212 valence electrons. The second-order valence-corrected chi connectivity index (χ2v) is 10.7. The number of rotatable bonds is 11. The summed E-state index contributed by atoms with van der Waals surface area (Å²) in [4.78, 5) is 24.7. The third-order valence-corrected chi connectivity index (χ3v) is 7.32. The van der Waals surface area contributed by atoms with E-state index < -0.39 is 57.1 Å². The summed E-state index contributed by atoms with van der Waals surface area (Å²) in [6, 6.07) is 7.05. The van der Waals surface area contributed by atoms with E-state index in [2.05, 4.69) is 25.4 Å². The first-order chi connectivity index (χ1) is 18.5. The molecule has 0 aliphatic carbocycles. The quantitative estimate of drug-likeness (QED) is 0.195. The Bertz CT molecular complexity index is 1350. The summed E-state index contributed by atoms with van der Waals surface area (Å²) in [7, 11) is -2.64. The molecule has 1 fully saturated rings. The van der Waals surface area contributed by atoms with Gasteiger partial charge in [-0.05, 0) is 32.9 Å². The van der Waals surface area contributed by atoms with Gasteiger partial charge in [0.15, 0.2) is 29.4 Å². The Balaban J connectivity index is 1.52. The van der Waals surface area contributed by atoms with Gasteiger partial charge in [-0.15, -0.1) is 0 Å². The van der Waals surface area contributed by atoms with Crippen LogP contribution in [0.3, 0.4) is 0 Å². The highest BCUT2D eigenvalue weighted by Gasteiger charge is 2.47. The Morgan fingerprint density at radius 3 is 2.67 bits per heavy atom. The largest absolute Gasteiger partial charge is 0.462 e. The van der Waals surface area contributed by atoms with Crippen molar-refractivity contribution in [3.05, 3.63) is 36.7 Å². The van der Waals surface area contributed by atoms with Crippen LogP contribution >= 0.6 is 7.75 Å². The van der Waals surface area contributed by atoms with Gasteiger partial charge in [0.2, 0.25) is 5.95 Å². The van der Waals surface area contributed by atoms with Crippen LogP contribution in [0.5, 0.6) is 5.75 Å². The van der Waals surface area contributed by atoms with Crippen LogP contribution in [0.2, 0.25) is 0 Å². The van der Waals surface area contributed by atoms with Crippen LogP contribution in [-0.4, -0.2) is 74.8 Å². The fourth-order valence-electron chi connectivity index (χ4n) is 3.87. The number of imidazole rings is 1. The smallest absolute Gasteiger partial charge is 0.459 e. The maximum absolute atomic E-state index is 15.3. The molecule has 2 aromatic heterocycles. The maximum atomic E-state index is 15.3. The highest BCUT2D eigenvalue weighted by molar-refractivity contribution is 7.52. The molecule has 39 heavy (non-hydrogen) atoms. The molecule has 3 heterocycles.